The minimum absolute atomic E-state index is 0.230. The predicted molar refractivity (Wildman–Crippen MR) is 65.2 cm³/mol. The molecule has 0 saturated carbocycles. The lowest BCUT2D eigenvalue weighted by molar-refractivity contribution is -0.143. The van der Waals surface area contributed by atoms with E-state index in [2.05, 4.69) is 0 Å². The fraction of sp³-hybridized carbons (Fsp3) is 0.357. The molecule has 1 aliphatic carbocycles. The third kappa shape index (κ3) is 2.56. The molecule has 0 aromatic heterocycles. The fourth-order valence-corrected chi connectivity index (χ4v) is 2.21. The number of hydrogen-bond acceptors (Lipinski definition) is 3. The molecule has 2 rings (SSSR count). The van der Waals surface area contributed by atoms with Crippen molar-refractivity contribution >= 4 is 11.5 Å². The van der Waals surface area contributed by atoms with Gasteiger partial charge in [-0.1, -0.05) is 36.4 Å². The van der Waals surface area contributed by atoms with E-state index in [9.17, 15) is 9.90 Å². The molecular weight excluding hydrogens is 216 g/mol. The van der Waals surface area contributed by atoms with Crippen LogP contribution < -0.4 is 0 Å². The van der Waals surface area contributed by atoms with Crippen molar-refractivity contribution in [2.75, 3.05) is 7.11 Å². The number of hydrogen-bond donors (Lipinski definition) is 1. The van der Waals surface area contributed by atoms with E-state index in [4.69, 9.17) is 4.74 Å². The van der Waals surface area contributed by atoms with Crippen LogP contribution in [0.4, 0.5) is 0 Å². The highest BCUT2D eigenvalue weighted by Gasteiger charge is 2.29. The van der Waals surface area contributed by atoms with Gasteiger partial charge in [0.05, 0.1) is 19.1 Å². The molecule has 1 N–H and O–H groups in total. The van der Waals surface area contributed by atoms with Gasteiger partial charge in [0.15, 0.2) is 0 Å². The van der Waals surface area contributed by atoms with Gasteiger partial charge in [-0.15, -0.1) is 0 Å². The van der Waals surface area contributed by atoms with Crippen LogP contribution in [0.5, 0.6) is 0 Å². The number of rotatable bonds is 2. The molecule has 0 aliphatic heterocycles. The number of aliphatic hydroxyl groups excluding tert-OH is 1. The van der Waals surface area contributed by atoms with Crippen LogP contribution >= 0.6 is 0 Å². The predicted octanol–water partition coefficient (Wildman–Crippen LogP) is 2.01. The van der Waals surface area contributed by atoms with Crippen molar-refractivity contribution in [2.45, 2.75) is 18.9 Å². The first-order valence-electron chi connectivity index (χ1n) is 5.75. The summed E-state index contributed by atoms with van der Waals surface area (Å²) in [6.45, 7) is 0. The van der Waals surface area contributed by atoms with E-state index in [0.717, 1.165) is 11.1 Å². The van der Waals surface area contributed by atoms with Crippen molar-refractivity contribution in [3.63, 3.8) is 0 Å². The number of ether oxygens (including phenoxy) is 1. The Morgan fingerprint density at radius 3 is 2.65 bits per heavy atom. The van der Waals surface area contributed by atoms with Crippen LogP contribution in [0.2, 0.25) is 0 Å². The summed E-state index contributed by atoms with van der Waals surface area (Å²) in [6, 6.07) is 9.66. The van der Waals surface area contributed by atoms with E-state index in [1.165, 1.54) is 7.11 Å². The van der Waals surface area contributed by atoms with E-state index >= 15 is 0 Å². The minimum Gasteiger partial charge on any atom is -0.469 e. The van der Waals surface area contributed by atoms with Gasteiger partial charge >= 0.3 is 5.97 Å². The molecule has 0 bridgehead atoms. The Kier molecular flexibility index (Phi) is 3.59. The smallest absolute Gasteiger partial charge is 0.313 e. The Bertz CT molecular complexity index is 422. The Labute approximate surface area is 101 Å². The molecule has 3 heteroatoms. The average Bonchev–Trinajstić information content (AvgIpc) is 2.39. The molecule has 0 heterocycles. The Balaban J connectivity index is 2.35. The van der Waals surface area contributed by atoms with Crippen LogP contribution in [0, 0.1) is 5.92 Å². The van der Waals surface area contributed by atoms with Crippen LogP contribution in [-0.4, -0.2) is 24.3 Å². The second-order valence-electron chi connectivity index (χ2n) is 4.21. The first-order chi connectivity index (χ1) is 8.22. The first-order valence-corrected chi connectivity index (χ1v) is 5.75. The summed E-state index contributed by atoms with van der Waals surface area (Å²) >= 11 is 0. The van der Waals surface area contributed by atoms with Crippen molar-refractivity contribution in [2.24, 2.45) is 5.92 Å². The van der Waals surface area contributed by atoms with Gasteiger partial charge in [-0.05, 0) is 24.0 Å². The molecule has 0 saturated heterocycles. The standard InChI is InChI=1S/C14H16O3/c1-17-14(16)12-8-7-11(15)9-13(12)10-5-3-2-4-6-10/h2-6,9,11-12,15H,7-8H2,1H3. The SMILES string of the molecule is COC(=O)C1CCC(O)C=C1c1ccccc1. The van der Waals surface area contributed by atoms with Crippen LogP contribution in [0.15, 0.2) is 36.4 Å². The van der Waals surface area contributed by atoms with Crippen molar-refractivity contribution < 1.29 is 14.6 Å². The average molecular weight is 232 g/mol. The molecule has 0 fully saturated rings. The Morgan fingerprint density at radius 1 is 1.29 bits per heavy atom. The molecular formula is C14H16O3. The fourth-order valence-electron chi connectivity index (χ4n) is 2.21. The highest BCUT2D eigenvalue weighted by atomic mass is 16.5. The number of esters is 1. The zero-order chi connectivity index (χ0) is 12.3. The topological polar surface area (TPSA) is 46.5 Å². The third-order valence-electron chi connectivity index (χ3n) is 3.09. The molecule has 17 heavy (non-hydrogen) atoms. The molecule has 2 atom stereocenters. The van der Waals surface area contributed by atoms with E-state index in [1.54, 1.807) is 6.08 Å². The van der Waals surface area contributed by atoms with Gasteiger partial charge in [-0.3, -0.25) is 4.79 Å². The maximum atomic E-state index is 11.7. The highest BCUT2D eigenvalue weighted by molar-refractivity contribution is 5.89. The lowest BCUT2D eigenvalue weighted by Crippen LogP contribution is -2.24. The summed E-state index contributed by atoms with van der Waals surface area (Å²) in [7, 11) is 1.40. The van der Waals surface area contributed by atoms with Gasteiger partial charge in [-0.25, -0.2) is 0 Å². The monoisotopic (exact) mass is 232 g/mol. The summed E-state index contributed by atoms with van der Waals surface area (Å²) in [5, 5.41) is 9.68. The molecule has 90 valence electrons. The molecule has 2 unspecified atom stereocenters. The molecule has 3 nitrogen and oxygen atoms in total. The van der Waals surface area contributed by atoms with E-state index in [1.807, 2.05) is 30.3 Å². The Morgan fingerprint density at radius 2 is 2.00 bits per heavy atom. The molecule has 1 aromatic carbocycles. The van der Waals surface area contributed by atoms with Crippen LogP contribution in [-0.2, 0) is 9.53 Å². The summed E-state index contributed by atoms with van der Waals surface area (Å²) < 4.78 is 4.82. The van der Waals surface area contributed by atoms with Gasteiger partial charge in [0, 0.05) is 0 Å². The van der Waals surface area contributed by atoms with Crippen molar-refractivity contribution in [3.8, 4) is 0 Å². The summed E-state index contributed by atoms with van der Waals surface area (Å²) in [4.78, 5) is 11.7. The molecule has 0 spiro atoms. The maximum absolute atomic E-state index is 11.7. The van der Waals surface area contributed by atoms with Crippen molar-refractivity contribution in [3.05, 3.63) is 42.0 Å². The van der Waals surface area contributed by atoms with E-state index in [-0.39, 0.29) is 11.9 Å². The molecule has 0 amide bonds. The number of carbonyl (C=O) groups is 1. The maximum Gasteiger partial charge on any atom is 0.313 e. The number of methoxy groups -OCH3 is 1. The third-order valence-corrected chi connectivity index (χ3v) is 3.09. The molecule has 1 aromatic rings. The van der Waals surface area contributed by atoms with Gasteiger partial charge < -0.3 is 9.84 Å². The highest BCUT2D eigenvalue weighted by Crippen LogP contribution is 2.33. The van der Waals surface area contributed by atoms with Gasteiger partial charge in [-0.2, -0.15) is 0 Å². The largest absolute Gasteiger partial charge is 0.469 e. The summed E-state index contributed by atoms with van der Waals surface area (Å²) in [5.74, 6) is -0.488. The van der Waals surface area contributed by atoms with E-state index < -0.39 is 6.10 Å². The minimum atomic E-state index is -0.467. The number of benzene rings is 1. The Hall–Kier alpha value is -1.61. The van der Waals surface area contributed by atoms with Gasteiger partial charge in [0.1, 0.15) is 0 Å². The van der Waals surface area contributed by atoms with Crippen molar-refractivity contribution in [1.29, 1.82) is 0 Å². The van der Waals surface area contributed by atoms with E-state index in [0.29, 0.717) is 12.8 Å². The number of carbonyl (C=O) groups excluding carboxylic acids is 1. The van der Waals surface area contributed by atoms with Crippen LogP contribution in [0.3, 0.4) is 0 Å². The molecule has 1 aliphatic rings. The zero-order valence-corrected chi connectivity index (χ0v) is 9.80. The summed E-state index contributed by atoms with van der Waals surface area (Å²) in [5.41, 5.74) is 1.85. The van der Waals surface area contributed by atoms with Crippen molar-refractivity contribution in [1.82, 2.24) is 0 Å². The lowest BCUT2D eigenvalue weighted by Gasteiger charge is -2.25. The zero-order valence-electron chi connectivity index (χ0n) is 9.80. The molecule has 0 radical (unpaired) electrons. The normalized spacial score (nSPS) is 24.0. The quantitative estimate of drug-likeness (QED) is 0.793. The second kappa shape index (κ2) is 5.15. The van der Waals surface area contributed by atoms with Gasteiger partial charge in [0.2, 0.25) is 0 Å². The van der Waals surface area contributed by atoms with Crippen LogP contribution in [0.25, 0.3) is 5.57 Å². The van der Waals surface area contributed by atoms with Gasteiger partial charge in [0.25, 0.3) is 0 Å². The summed E-state index contributed by atoms with van der Waals surface area (Å²) in [6.07, 6.45) is 2.54. The lowest BCUT2D eigenvalue weighted by atomic mass is 9.82. The number of aliphatic hydroxyl groups is 1. The second-order valence-corrected chi connectivity index (χ2v) is 4.21. The van der Waals surface area contributed by atoms with Crippen LogP contribution in [0.1, 0.15) is 18.4 Å². The first kappa shape index (κ1) is 11.9.